The molecule has 0 bridgehead atoms. The Morgan fingerprint density at radius 1 is 1.11 bits per heavy atom. The molecule has 0 fully saturated rings. The fraction of sp³-hybridized carbons (Fsp3) is 0.200. The number of hydrogen-bond acceptors (Lipinski definition) is 6. The highest BCUT2D eigenvalue weighted by Gasteiger charge is 2.28. The van der Waals surface area contributed by atoms with Crippen molar-refractivity contribution in [1.82, 2.24) is 10.9 Å². The molecule has 0 spiro atoms. The van der Waals surface area contributed by atoms with Crippen LogP contribution in [0.4, 0.5) is 0 Å². The lowest BCUT2D eigenvalue weighted by molar-refractivity contribution is -0.131. The Labute approximate surface area is 160 Å². The number of methoxy groups -OCH3 is 1. The molecule has 2 heterocycles. The van der Waals surface area contributed by atoms with Gasteiger partial charge in [0.2, 0.25) is 6.10 Å². The van der Waals surface area contributed by atoms with Gasteiger partial charge in [-0.2, -0.15) is 0 Å². The number of benzene rings is 2. The fourth-order valence-electron chi connectivity index (χ4n) is 2.95. The number of carbonyl (C=O) groups excluding carboxylic acids is 2. The predicted octanol–water partition coefficient (Wildman–Crippen LogP) is 2.35. The molecule has 3 aromatic rings. The van der Waals surface area contributed by atoms with Gasteiger partial charge in [-0.1, -0.05) is 12.1 Å². The van der Waals surface area contributed by atoms with Crippen LogP contribution in [0.5, 0.6) is 17.2 Å². The molecule has 1 unspecified atom stereocenters. The van der Waals surface area contributed by atoms with E-state index in [1.165, 1.54) is 0 Å². The van der Waals surface area contributed by atoms with Crippen molar-refractivity contribution in [3.05, 3.63) is 53.8 Å². The largest absolute Gasteiger partial charge is 0.497 e. The summed E-state index contributed by atoms with van der Waals surface area (Å²) >= 11 is 0. The smallest absolute Gasteiger partial charge is 0.305 e. The summed E-state index contributed by atoms with van der Waals surface area (Å²) in [7, 11) is 1.56. The number of ether oxygens (including phenoxy) is 3. The average molecular weight is 382 g/mol. The molecule has 8 heteroatoms. The molecule has 2 N–H and O–H groups in total. The Bertz CT molecular complexity index is 1060. The Hall–Kier alpha value is -3.68. The zero-order valence-electron chi connectivity index (χ0n) is 15.3. The third kappa shape index (κ3) is 3.20. The molecule has 2 amide bonds. The summed E-state index contributed by atoms with van der Waals surface area (Å²) in [6, 6.07) is 12.3. The summed E-state index contributed by atoms with van der Waals surface area (Å²) < 4.78 is 21.9. The molecule has 0 saturated heterocycles. The lowest BCUT2D eigenvalue weighted by atomic mass is 10.1. The first-order valence-corrected chi connectivity index (χ1v) is 8.62. The van der Waals surface area contributed by atoms with Crippen molar-refractivity contribution >= 4 is 22.8 Å². The van der Waals surface area contributed by atoms with Crippen molar-refractivity contribution in [2.75, 3.05) is 13.7 Å². The number of furan rings is 1. The summed E-state index contributed by atoms with van der Waals surface area (Å²) in [5.41, 5.74) is 5.90. The van der Waals surface area contributed by atoms with Gasteiger partial charge >= 0.3 is 5.91 Å². The highest BCUT2D eigenvalue weighted by atomic mass is 16.6. The Morgan fingerprint density at radius 3 is 2.68 bits per heavy atom. The van der Waals surface area contributed by atoms with E-state index in [1.807, 2.05) is 6.07 Å². The number of amides is 2. The van der Waals surface area contributed by atoms with E-state index in [1.54, 1.807) is 50.4 Å². The molecule has 1 aliphatic rings. The van der Waals surface area contributed by atoms with Crippen LogP contribution in [-0.4, -0.2) is 31.6 Å². The second-order valence-corrected chi connectivity index (χ2v) is 6.23. The van der Waals surface area contributed by atoms with Crippen molar-refractivity contribution in [3.63, 3.8) is 0 Å². The van der Waals surface area contributed by atoms with Crippen molar-refractivity contribution in [2.24, 2.45) is 0 Å². The summed E-state index contributed by atoms with van der Waals surface area (Å²) in [5, 5.41) is 0.761. The first-order chi connectivity index (χ1) is 13.6. The standard InChI is InChI=1S/C20H18N2O6/c1-11-13-9-12(25-2)7-8-14(13)28-18(11)20(24)22-21-19(23)17-10-26-15-5-3-4-6-16(15)27-17/h3-9,17H,10H2,1-2H3,(H,21,23)(H,22,24). The van der Waals surface area contributed by atoms with Crippen LogP contribution in [0.25, 0.3) is 11.0 Å². The van der Waals surface area contributed by atoms with Crippen LogP contribution < -0.4 is 25.1 Å². The second kappa shape index (κ2) is 7.15. The number of nitrogens with one attached hydrogen (secondary N) is 2. The van der Waals surface area contributed by atoms with E-state index >= 15 is 0 Å². The Kier molecular flexibility index (Phi) is 4.52. The maximum absolute atomic E-state index is 12.5. The summed E-state index contributed by atoms with van der Waals surface area (Å²) in [6.07, 6.45) is -0.878. The van der Waals surface area contributed by atoms with E-state index in [0.29, 0.717) is 28.4 Å². The van der Waals surface area contributed by atoms with Crippen molar-refractivity contribution in [3.8, 4) is 17.2 Å². The molecule has 1 atom stereocenters. The normalized spacial score (nSPS) is 15.1. The van der Waals surface area contributed by atoms with E-state index < -0.39 is 17.9 Å². The van der Waals surface area contributed by atoms with Crippen molar-refractivity contribution in [1.29, 1.82) is 0 Å². The van der Waals surface area contributed by atoms with E-state index in [4.69, 9.17) is 18.6 Å². The maximum Gasteiger partial charge on any atom is 0.305 e. The molecule has 0 saturated carbocycles. The summed E-state index contributed by atoms with van der Waals surface area (Å²) in [4.78, 5) is 24.8. The molecule has 144 valence electrons. The minimum Gasteiger partial charge on any atom is -0.497 e. The van der Waals surface area contributed by atoms with Crippen LogP contribution in [0, 0.1) is 6.92 Å². The molecule has 4 rings (SSSR count). The molecular formula is C20H18N2O6. The van der Waals surface area contributed by atoms with Gasteiger partial charge in [-0.05, 0) is 37.3 Å². The zero-order chi connectivity index (χ0) is 19.7. The molecule has 0 radical (unpaired) electrons. The number of para-hydroxylation sites is 2. The number of rotatable bonds is 3. The van der Waals surface area contributed by atoms with Crippen LogP contribution in [0.3, 0.4) is 0 Å². The first kappa shape index (κ1) is 17.7. The molecule has 0 aliphatic carbocycles. The number of hydrazine groups is 1. The quantitative estimate of drug-likeness (QED) is 0.675. The van der Waals surface area contributed by atoms with E-state index in [2.05, 4.69) is 10.9 Å². The molecule has 2 aromatic carbocycles. The van der Waals surface area contributed by atoms with Gasteiger partial charge in [-0.3, -0.25) is 20.4 Å². The Balaban J connectivity index is 1.42. The third-order valence-electron chi connectivity index (χ3n) is 4.45. The second-order valence-electron chi connectivity index (χ2n) is 6.23. The topological polar surface area (TPSA) is 99.0 Å². The van der Waals surface area contributed by atoms with Gasteiger partial charge in [-0.15, -0.1) is 0 Å². The molecule has 1 aliphatic heterocycles. The minimum absolute atomic E-state index is 0.0438. The van der Waals surface area contributed by atoms with Gasteiger partial charge < -0.3 is 18.6 Å². The van der Waals surface area contributed by atoms with Gasteiger partial charge in [-0.25, -0.2) is 0 Å². The molecule has 8 nitrogen and oxygen atoms in total. The number of aryl methyl sites for hydroxylation is 1. The lowest BCUT2D eigenvalue weighted by Crippen LogP contribution is -2.50. The predicted molar refractivity (Wildman–Crippen MR) is 99.5 cm³/mol. The molecule has 1 aromatic heterocycles. The van der Waals surface area contributed by atoms with Crippen molar-refractivity contribution < 1.29 is 28.2 Å². The van der Waals surface area contributed by atoms with Gasteiger partial charge in [0.25, 0.3) is 5.91 Å². The number of fused-ring (bicyclic) bond motifs is 2. The average Bonchev–Trinajstić information content (AvgIpc) is 3.07. The van der Waals surface area contributed by atoms with Crippen LogP contribution in [0.1, 0.15) is 16.1 Å². The Morgan fingerprint density at radius 2 is 1.89 bits per heavy atom. The summed E-state index contributed by atoms with van der Waals surface area (Å²) in [6.45, 7) is 1.80. The van der Waals surface area contributed by atoms with Gasteiger partial charge in [0.05, 0.1) is 7.11 Å². The van der Waals surface area contributed by atoms with Crippen LogP contribution >= 0.6 is 0 Å². The minimum atomic E-state index is -0.878. The fourth-order valence-corrected chi connectivity index (χ4v) is 2.95. The van der Waals surface area contributed by atoms with Gasteiger partial charge in [0.1, 0.15) is 17.9 Å². The SMILES string of the molecule is COc1ccc2oc(C(=O)NNC(=O)C3COc4ccccc4O3)c(C)c2c1. The molecular weight excluding hydrogens is 364 g/mol. The van der Waals surface area contributed by atoms with Gasteiger partial charge in [0, 0.05) is 10.9 Å². The van der Waals surface area contributed by atoms with E-state index in [-0.39, 0.29) is 12.4 Å². The monoisotopic (exact) mass is 382 g/mol. The number of carbonyl (C=O) groups is 2. The van der Waals surface area contributed by atoms with Gasteiger partial charge in [0.15, 0.2) is 17.3 Å². The maximum atomic E-state index is 12.5. The van der Waals surface area contributed by atoms with E-state index in [0.717, 1.165) is 5.39 Å². The first-order valence-electron chi connectivity index (χ1n) is 8.62. The van der Waals surface area contributed by atoms with Crippen LogP contribution in [0.15, 0.2) is 46.9 Å². The summed E-state index contributed by atoms with van der Waals surface area (Å²) in [5.74, 6) is 0.712. The van der Waals surface area contributed by atoms with Crippen molar-refractivity contribution in [2.45, 2.75) is 13.0 Å². The molecule has 28 heavy (non-hydrogen) atoms. The van der Waals surface area contributed by atoms with E-state index in [9.17, 15) is 9.59 Å². The highest BCUT2D eigenvalue weighted by molar-refractivity contribution is 6.00. The number of hydrogen-bond donors (Lipinski definition) is 2. The zero-order valence-corrected chi connectivity index (χ0v) is 15.3. The highest BCUT2D eigenvalue weighted by Crippen LogP contribution is 2.31. The lowest BCUT2D eigenvalue weighted by Gasteiger charge is -2.25. The van der Waals surface area contributed by atoms with Crippen LogP contribution in [-0.2, 0) is 4.79 Å². The third-order valence-corrected chi connectivity index (χ3v) is 4.45. The van der Waals surface area contributed by atoms with Crippen LogP contribution in [0.2, 0.25) is 0 Å².